The van der Waals surface area contributed by atoms with Crippen molar-refractivity contribution in [3.63, 3.8) is 0 Å². The van der Waals surface area contributed by atoms with Crippen molar-refractivity contribution in [3.05, 3.63) is 33.9 Å². The van der Waals surface area contributed by atoms with Crippen LogP contribution in [0.1, 0.15) is 23.7 Å². The number of hydrogen-bond donors (Lipinski definition) is 2. The Morgan fingerprint density at radius 3 is 2.85 bits per heavy atom. The number of phenolic OH excluding ortho intramolecular Hbond substituents is 1. The first-order valence-electron chi connectivity index (χ1n) is 6.35. The monoisotopic (exact) mass is 280 g/mol. The average Bonchev–Trinajstić information content (AvgIpc) is 2.79. The van der Waals surface area contributed by atoms with Crippen molar-refractivity contribution in [2.24, 2.45) is 5.92 Å². The summed E-state index contributed by atoms with van der Waals surface area (Å²) in [5, 5.41) is 30.0. The highest BCUT2D eigenvalue weighted by Crippen LogP contribution is 2.32. The predicted octanol–water partition coefficient (Wildman–Crippen LogP) is 1.14. The minimum absolute atomic E-state index is 0.105. The summed E-state index contributed by atoms with van der Waals surface area (Å²) in [6.07, 6.45) is 0.757. The summed E-state index contributed by atoms with van der Waals surface area (Å²) in [6, 6.07) is 3.53. The van der Waals surface area contributed by atoms with E-state index in [-0.39, 0.29) is 24.1 Å². The molecule has 7 nitrogen and oxygen atoms in total. The van der Waals surface area contributed by atoms with Crippen LogP contribution in [0.3, 0.4) is 0 Å². The van der Waals surface area contributed by atoms with Crippen molar-refractivity contribution >= 4 is 11.6 Å². The molecule has 1 aromatic carbocycles. The van der Waals surface area contributed by atoms with Crippen LogP contribution in [0, 0.1) is 16.0 Å². The second-order valence-electron chi connectivity index (χ2n) is 4.94. The quantitative estimate of drug-likeness (QED) is 0.638. The van der Waals surface area contributed by atoms with Crippen LogP contribution in [0.2, 0.25) is 0 Å². The Bertz CT molecular complexity index is 546. The van der Waals surface area contributed by atoms with Crippen LogP contribution in [0.25, 0.3) is 0 Å². The highest BCUT2D eigenvalue weighted by Gasteiger charge is 2.36. The Kier molecular flexibility index (Phi) is 3.89. The molecule has 1 aromatic rings. The fraction of sp³-hybridized carbons (Fsp3) is 0.462. The van der Waals surface area contributed by atoms with Crippen LogP contribution in [-0.4, -0.2) is 45.1 Å². The molecular weight excluding hydrogens is 264 g/mol. The third-order valence-corrected chi connectivity index (χ3v) is 3.77. The Morgan fingerprint density at radius 2 is 2.25 bits per heavy atom. The van der Waals surface area contributed by atoms with Gasteiger partial charge in [0.2, 0.25) is 5.75 Å². The van der Waals surface area contributed by atoms with Gasteiger partial charge in [0.15, 0.2) is 0 Å². The summed E-state index contributed by atoms with van der Waals surface area (Å²) in [7, 11) is 0. The maximum absolute atomic E-state index is 12.4. The van der Waals surface area contributed by atoms with Gasteiger partial charge >= 0.3 is 5.69 Å². The van der Waals surface area contributed by atoms with E-state index in [1.165, 1.54) is 17.0 Å². The summed E-state index contributed by atoms with van der Waals surface area (Å²) < 4.78 is 0. The zero-order chi connectivity index (χ0) is 14.9. The number of carbonyl (C=O) groups is 1. The largest absolute Gasteiger partial charge is 0.502 e. The fourth-order valence-corrected chi connectivity index (χ4v) is 2.54. The Morgan fingerprint density at radius 1 is 1.55 bits per heavy atom. The number of rotatable bonds is 3. The van der Waals surface area contributed by atoms with E-state index in [1.807, 2.05) is 6.92 Å². The Balaban J connectivity index is 2.35. The molecule has 2 rings (SSSR count). The molecule has 2 N–H and O–H groups in total. The van der Waals surface area contributed by atoms with Crippen LogP contribution in [-0.2, 0) is 0 Å². The SMILES string of the molecule is CC1CCN(C(=O)c2cccc([N+](=O)[O-])c2O)C1CO. The lowest BCUT2D eigenvalue weighted by Crippen LogP contribution is -2.39. The molecular formula is C13H16N2O5. The van der Waals surface area contributed by atoms with Crippen molar-refractivity contribution < 1.29 is 19.9 Å². The summed E-state index contributed by atoms with van der Waals surface area (Å²) in [4.78, 5) is 23.9. The van der Waals surface area contributed by atoms with Gasteiger partial charge in [-0.3, -0.25) is 14.9 Å². The van der Waals surface area contributed by atoms with E-state index in [0.29, 0.717) is 6.54 Å². The van der Waals surface area contributed by atoms with Crippen LogP contribution in [0.4, 0.5) is 5.69 Å². The Hall–Kier alpha value is -2.15. The summed E-state index contributed by atoms with van der Waals surface area (Å²) in [6.45, 7) is 2.23. The molecule has 2 atom stereocenters. The zero-order valence-corrected chi connectivity index (χ0v) is 11.0. The van der Waals surface area contributed by atoms with Gasteiger partial charge in [0.05, 0.1) is 23.1 Å². The first-order valence-corrected chi connectivity index (χ1v) is 6.35. The van der Waals surface area contributed by atoms with Gasteiger partial charge in [-0.05, 0) is 18.4 Å². The smallest absolute Gasteiger partial charge is 0.311 e. The number of aromatic hydroxyl groups is 1. The van der Waals surface area contributed by atoms with E-state index in [2.05, 4.69) is 0 Å². The number of aliphatic hydroxyl groups is 1. The van der Waals surface area contributed by atoms with E-state index in [9.17, 15) is 25.1 Å². The highest BCUT2D eigenvalue weighted by atomic mass is 16.6. The minimum atomic E-state index is -0.734. The van der Waals surface area contributed by atoms with E-state index in [0.717, 1.165) is 12.5 Å². The molecule has 0 spiro atoms. The van der Waals surface area contributed by atoms with Gasteiger partial charge in [-0.2, -0.15) is 0 Å². The second kappa shape index (κ2) is 5.46. The fourth-order valence-electron chi connectivity index (χ4n) is 2.54. The van der Waals surface area contributed by atoms with Crippen molar-refractivity contribution in [2.75, 3.05) is 13.2 Å². The number of nitro groups is 1. The number of aliphatic hydroxyl groups excluding tert-OH is 1. The summed E-state index contributed by atoms with van der Waals surface area (Å²) in [5.41, 5.74) is -0.601. The lowest BCUT2D eigenvalue weighted by atomic mass is 10.0. The zero-order valence-electron chi connectivity index (χ0n) is 11.0. The van der Waals surface area contributed by atoms with Gasteiger partial charge in [0, 0.05) is 12.6 Å². The van der Waals surface area contributed by atoms with Crippen LogP contribution >= 0.6 is 0 Å². The van der Waals surface area contributed by atoms with Gasteiger partial charge in [-0.1, -0.05) is 13.0 Å². The molecule has 1 amide bonds. The second-order valence-corrected chi connectivity index (χ2v) is 4.94. The number of nitro benzene ring substituents is 1. The molecule has 0 saturated carbocycles. The summed E-state index contributed by atoms with van der Waals surface area (Å²) >= 11 is 0. The lowest BCUT2D eigenvalue weighted by molar-refractivity contribution is -0.385. The van der Waals surface area contributed by atoms with E-state index in [1.54, 1.807) is 0 Å². The van der Waals surface area contributed by atoms with E-state index in [4.69, 9.17) is 0 Å². The molecule has 108 valence electrons. The topological polar surface area (TPSA) is 104 Å². The normalized spacial score (nSPS) is 22.0. The maximum atomic E-state index is 12.4. The molecule has 1 fully saturated rings. The molecule has 1 heterocycles. The van der Waals surface area contributed by atoms with E-state index < -0.39 is 22.3 Å². The molecule has 20 heavy (non-hydrogen) atoms. The molecule has 1 aliphatic heterocycles. The molecule has 0 bridgehead atoms. The molecule has 0 aromatic heterocycles. The van der Waals surface area contributed by atoms with Crippen molar-refractivity contribution in [3.8, 4) is 5.75 Å². The van der Waals surface area contributed by atoms with Gasteiger partial charge < -0.3 is 15.1 Å². The van der Waals surface area contributed by atoms with E-state index >= 15 is 0 Å². The molecule has 1 saturated heterocycles. The molecule has 0 radical (unpaired) electrons. The molecule has 7 heteroatoms. The maximum Gasteiger partial charge on any atom is 0.311 e. The molecule has 0 aliphatic carbocycles. The Labute approximate surface area is 115 Å². The van der Waals surface area contributed by atoms with Crippen molar-refractivity contribution in [1.82, 2.24) is 4.90 Å². The number of nitrogens with zero attached hydrogens (tertiary/aromatic N) is 2. The predicted molar refractivity (Wildman–Crippen MR) is 70.5 cm³/mol. The number of amides is 1. The first kappa shape index (κ1) is 14.3. The number of benzene rings is 1. The minimum Gasteiger partial charge on any atom is -0.502 e. The number of hydrogen-bond acceptors (Lipinski definition) is 5. The summed E-state index contributed by atoms with van der Waals surface area (Å²) in [5.74, 6) is -0.960. The van der Waals surface area contributed by atoms with Crippen LogP contribution < -0.4 is 0 Å². The van der Waals surface area contributed by atoms with Gasteiger partial charge in [-0.15, -0.1) is 0 Å². The lowest BCUT2D eigenvalue weighted by Gasteiger charge is -2.25. The number of carbonyl (C=O) groups excluding carboxylic acids is 1. The van der Waals surface area contributed by atoms with Crippen molar-refractivity contribution in [1.29, 1.82) is 0 Å². The van der Waals surface area contributed by atoms with Gasteiger partial charge in [-0.25, -0.2) is 0 Å². The van der Waals surface area contributed by atoms with Crippen LogP contribution in [0.5, 0.6) is 5.75 Å². The van der Waals surface area contributed by atoms with Gasteiger partial charge in [0.25, 0.3) is 5.91 Å². The molecule has 1 aliphatic rings. The number of phenols is 1. The van der Waals surface area contributed by atoms with Crippen molar-refractivity contribution in [2.45, 2.75) is 19.4 Å². The standard InChI is InChI=1S/C13H16N2O5/c1-8-5-6-14(11(8)7-16)13(18)9-3-2-4-10(12(9)17)15(19)20/h2-4,8,11,16-17H,5-7H2,1H3. The van der Waals surface area contributed by atoms with Crippen LogP contribution in [0.15, 0.2) is 18.2 Å². The highest BCUT2D eigenvalue weighted by molar-refractivity contribution is 5.98. The number of para-hydroxylation sites is 1. The first-order chi connectivity index (χ1) is 9.47. The average molecular weight is 280 g/mol. The third kappa shape index (κ3) is 2.32. The molecule has 2 unspecified atom stereocenters. The number of likely N-dealkylation sites (tertiary alicyclic amines) is 1. The third-order valence-electron chi connectivity index (χ3n) is 3.77. The van der Waals surface area contributed by atoms with Gasteiger partial charge in [0.1, 0.15) is 0 Å².